The maximum absolute atomic E-state index is 11.1. The number of benzene rings is 1. The topological polar surface area (TPSA) is 75.6 Å². The maximum atomic E-state index is 11.1. The number of alkyl carbamates (subject to hydrolysis) is 1. The van der Waals surface area contributed by atoms with E-state index < -0.39 is 12.2 Å². The van der Waals surface area contributed by atoms with Crippen LogP contribution in [0.3, 0.4) is 0 Å². The molecule has 1 atom stereocenters. The van der Waals surface area contributed by atoms with Crippen LogP contribution in [0, 0.1) is 0 Å². The Morgan fingerprint density at radius 2 is 2.12 bits per heavy atom. The Hall–Kier alpha value is -1.88. The van der Waals surface area contributed by atoms with E-state index in [0.717, 1.165) is 5.56 Å². The number of carbonyl (C=O) groups excluding carboxylic acids is 2. The Morgan fingerprint density at radius 3 is 2.75 bits per heavy atom. The van der Waals surface area contributed by atoms with E-state index in [1.54, 1.807) is 0 Å². The van der Waals surface area contributed by atoms with E-state index in [4.69, 9.17) is 9.84 Å². The van der Waals surface area contributed by atoms with Crippen molar-refractivity contribution in [3.8, 4) is 0 Å². The van der Waals surface area contributed by atoms with Crippen molar-refractivity contribution in [1.29, 1.82) is 0 Å². The van der Waals surface area contributed by atoms with Gasteiger partial charge in [-0.2, -0.15) is 0 Å². The highest BCUT2D eigenvalue weighted by molar-refractivity contribution is 5.68. The zero-order chi connectivity index (χ0) is 11.8. The number of rotatable bonds is 5. The fourth-order valence-corrected chi connectivity index (χ4v) is 1.01. The van der Waals surface area contributed by atoms with Crippen molar-refractivity contribution < 1.29 is 19.4 Å². The summed E-state index contributed by atoms with van der Waals surface area (Å²) in [6, 6.07) is 9.20. The molecule has 0 radical (unpaired) electrons. The predicted molar refractivity (Wildman–Crippen MR) is 56.7 cm³/mol. The second kappa shape index (κ2) is 6.58. The fraction of sp³-hybridized carbons (Fsp3) is 0.273. The first-order valence-electron chi connectivity index (χ1n) is 4.80. The first-order valence-corrected chi connectivity index (χ1v) is 4.80. The van der Waals surface area contributed by atoms with Crippen LogP contribution in [0.15, 0.2) is 30.3 Å². The first kappa shape index (κ1) is 12.2. The molecular weight excluding hydrogens is 210 g/mol. The van der Waals surface area contributed by atoms with Gasteiger partial charge in [0.2, 0.25) is 0 Å². The van der Waals surface area contributed by atoms with Crippen molar-refractivity contribution in [3.05, 3.63) is 35.9 Å². The minimum atomic E-state index is -1.19. The molecule has 1 aromatic rings. The summed E-state index contributed by atoms with van der Waals surface area (Å²) >= 11 is 0. The maximum Gasteiger partial charge on any atom is 0.407 e. The minimum absolute atomic E-state index is 0.142. The van der Waals surface area contributed by atoms with Gasteiger partial charge in [-0.15, -0.1) is 0 Å². The highest BCUT2D eigenvalue weighted by Gasteiger charge is 2.06. The second-order valence-corrected chi connectivity index (χ2v) is 3.15. The van der Waals surface area contributed by atoms with E-state index in [1.165, 1.54) is 0 Å². The third kappa shape index (κ3) is 4.56. The lowest BCUT2D eigenvalue weighted by Gasteiger charge is -2.07. The Morgan fingerprint density at radius 1 is 1.44 bits per heavy atom. The first-order chi connectivity index (χ1) is 7.72. The van der Waals surface area contributed by atoms with Gasteiger partial charge < -0.3 is 20.0 Å². The lowest BCUT2D eigenvalue weighted by atomic mass is 10.2. The molecule has 0 bridgehead atoms. The summed E-state index contributed by atoms with van der Waals surface area (Å²) in [5.74, 6) is 0. The van der Waals surface area contributed by atoms with Crippen LogP contribution in [-0.2, 0) is 16.1 Å². The van der Waals surface area contributed by atoms with Crippen LogP contribution in [0.2, 0.25) is 0 Å². The zero-order valence-electron chi connectivity index (χ0n) is 8.63. The highest BCUT2D eigenvalue weighted by Crippen LogP contribution is 2.00. The van der Waals surface area contributed by atoms with Gasteiger partial charge in [0.15, 0.2) is 0 Å². The van der Waals surface area contributed by atoms with Crippen LogP contribution in [0.5, 0.6) is 0 Å². The third-order valence-electron chi connectivity index (χ3n) is 1.83. The van der Waals surface area contributed by atoms with Gasteiger partial charge in [0, 0.05) is 0 Å². The summed E-state index contributed by atoms with van der Waals surface area (Å²) in [5.41, 5.74) is 0.869. The van der Waals surface area contributed by atoms with Crippen molar-refractivity contribution in [2.24, 2.45) is 0 Å². The van der Waals surface area contributed by atoms with Gasteiger partial charge in [-0.3, -0.25) is 0 Å². The molecule has 2 N–H and O–H groups in total. The van der Waals surface area contributed by atoms with Gasteiger partial charge >= 0.3 is 6.09 Å². The molecule has 0 aromatic heterocycles. The molecular formula is C11H13NO4. The van der Waals surface area contributed by atoms with Crippen molar-refractivity contribution in [2.45, 2.75) is 12.7 Å². The van der Waals surface area contributed by atoms with Gasteiger partial charge in [0.05, 0.1) is 6.54 Å². The molecule has 0 spiro atoms. The lowest BCUT2D eigenvalue weighted by molar-refractivity contribution is -0.114. The molecule has 5 nitrogen and oxygen atoms in total. The van der Waals surface area contributed by atoms with E-state index in [1.807, 2.05) is 30.3 Å². The molecule has 0 unspecified atom stereocenters. The lowest BCUT2D eigenvalue weighted by Crippen LogP contribution is -2.33. The molecule has 16 heavy (non-hydrogen) atoms. The Balaban J connectivity index is 2.23. The summed E-state index contributed by atoms with van der Waals surface area (Å²) in [7, 11) is 0. The second-order valence-electron chi connectivity index (χ2n) is 3.15. The van der Waals surface area contributed by atoms with Crippen molar-refractivity contribution >= 4 is 12.4 Å². The van der Waals surface area contributed by atoms with E-state index in [-0.39, 0.29) is 13.2 Å². The van der Waals surface area contributed by atoms with Crippen molar-refractivity contribution in [2.75, 3.05) is 6.54 Å². The Kier molecular flexibility index (Phi) is 5.01. The number of ether oxygens (including phenoxy) is 1. The normalized spacial score (nSPS) is 11.6. The summed E-state index contributed by atoms with van der Waals surface area (Å²) < 4.78 is 4.85. The van der Waals surface area contributed by atoms with E-state index >= 15 is 0 Å². The SMILES string of the molecule is O=C[C@@H](O)CNC(=O)OCc1ccccc1. The average molecular weight is 223 g/mol. The van der Waals surface area contributed by atoms with Crippen molar-refractivity contribution in [1.82, 2.24) is 5.32 Å². The molecule has 0 saturated carbocycles. The molecule has 0 aliphatic carbocycles. The van der Waals surface area contributed by atoms with Gasteiger partial charge in [-0.1, -0.05) is 30.3 Å². The van der Waals surface area contributed by atoms with Gasteiger partial charge in [-0.25, -0.2) is 4.79 Å². The van der Waals surface area contributed by atoms with Gasteiger partial charge in [-0.05, 0) is 5.56 Å². The summed E-state index contributed by atoms with van der Waals surface area (Å²) in [6.45, 7) is 0.0149. The average Bonchev–Trinajstić information content (AvgIpc) is 2.34. The number of aldehydes is 1. The van der Waals surface area contributed by atoms with Crippen LogP contribution in [0.1, 0.15) is 5.56 Å². The molecule has 86 valence electrons. The molecule has 0 heterocycles. The summed E-state index contributed by atoms with van der Waals surface area (Å²) in [5, 5.41) is 11.1. The molecule has 1 amide bonds. The largest absolute Gasteiger partial charge is 0.445 e. The highest BCUT2D eigenvalue weighted by atomic mass is 16.5. The van der Waals surface area contributed by atoms with Crippen LogP contribution >= 0.6 is 0 Å². The minimum Gasteiger partial charge on any atom is -0.445 e. The number of nitrogens with one attached hydrogen (secondary N) is 1. The molecule has 1 rings (SSSR count). The zero-order valence-corrected chi connectivity index (χ0v) is 8.63. The van der Waals surface area contributed by atoms with Crippen LogP contribution in [0.25, 0.3) is 0 Å². The van der Waals surface area contributed by atoms with Crippen LogP contribution in [-0.4, -0.2) is 30.1 Å². The smallest absolute Gasteiger partial charge is 0.407 e. The molecule has 0 fully saturated rings. The Bertz CT molecular complexity index is 339. The Labute approximate surface area is 93.0 Å². The van der Waals surface area contributed by atoms with Crippen molar-refractivity contribution in [3.63, 3.8) is 0 Å². The molecule has 5 heteroatoms. The van der Waals surface area contributed by atoms with E-state index in [9.17, 15) is 9.59 Å². The van der Waals surface area contributed by atoms with Crippen LogP contribution < -0.4 is 5.32 Å². The molecule has 1 aromatic carbocycles. The summed E-state index contributed by atoms with van der Waals surface area (Å²) in [6.07, 6.45) is -1.51. The van der Waals surface area contributed by atoms with E-state index in [0.29, 0.717) is 6.29 Å². The molecule has 0 aliphatic rings. The number of carbonyl (C=O) groups is 2. The predicted octanol–water partition coefficient (Wildman–Crippen LogP) is 0.473. The number of aliphatic hydroxyl groups is 1. The number of hydrogen-bond donors (Lipinski definition) is 2. The quantitative estimate of drug-likeness (QED) is 0.711. The van der Waals surface area contributed by atoms with Gasteiger partial charge in [0.1, 0.15) is 19.0 Å². The molecule has 0 aliphatic heterocycles. The van der Waals surface area contributed by atoms with Gasteiger partial charge in [0.25, 0.3) is 0 Å². The number of hydrogen-bond acceptors (Lipinski definition) is 4. The van der Waals surface area contributed by atoms with E-state index in [2.05, 4.69) is 5.32 Å². The summed E-state index contributed by atoms with van der Waals surface area (Å²) in [4.78, 5) is 21.1. The number of aliphatic hydroxyl groups excluding tert-OH is 1. The monoisotopic (exact) mass is 223 g/mol. The third-order valence-corrected chi connectivity index (χ3v) is 1.83. The standard InChI is InChI=1S/C11H13NO4/c13-7-10(14)6-12-11(15)16-8-9-4-2-1-3-5-9/h1-5,7,10,14H,6,8H2,(H,12,15)/t10-/m0/s1. The fourth-order valence-electron chi connectivity index (χ4n) is 1.01. The van der Waals surface area contributed by atoms with Crippen LogP contribution in [0.4, 0.5) is 4.79 Å². The number of amides is 1. The molecule has 0 saturated heterocycles.